The van der Waals surface area contributed by atoms with Crippen LogP contribution in [0.15, 0.2) is 17.8 Å². The van der Waals surface area contributed by atoms with Crippen molar-refractivity contribution in [1.29, 1.82) is 0 Å². The third kappa shape index (κ3) is 3.73. The summed E-state index contributed by atoms with van der Waals surface area (Å²) in [5.74, 6) is 0. The summed E-state index contributed by atoms with van der Waals surface area (Å²) < 4.78 is 37.2. The highest BCUT2D eigenvalue weighted by Crippen LogP contribution is 2.18. The number of hydrogen-bond donors (Lipinski definition) is 1. The molecule has 2 rings (SSSR count). The molecule has 0 aliphatic rings. The smallest absolute Gasteiger partial charge is 0.376 e. The van der Waals surface area contributed by atoms with E-state index in [1.165, 1.54) is 23.7 Å². The van der Waals surface area contributed by atoms with Crippen LogP contribution in [0.3, 0.4) is 0 Å². The molecular formula is C10H11F3N4S. The zero-order valence-electron chi connectivity index (χ0n) is 9.53. The number of hydrogen-bond acceptors (Lipinski definition) is 4. The highest BCUT2D eigenvalue weighted by atomic mass is 32.1. The molecule has 0 aliphatic carbocycles. The molecule has 8 heteroatoms. The van der Waals surface area contributed by atoms with Crippen LogP contribution in [0.1, 0.15) is 10.7 Å². The summed E-state index contributed by atoms with van der Waals surface area (Å²) in [6.07, 6.45) is -1.56. The Morgan fingerprint density at radius 2 is 2.22 bits per heavy atom. The molecule has 0 unspecified atom stereocenters. The van der Waals surface area contributed by atoms with E-state index in [2.05, 4.69) is 15.4 Å². The summed E-state index contributed by atoms with van der Waals surface area (Å²) in [5, 5.41) is 9.42. The van der Waals surface area contributed by atoms with Crippen LogP contribution in [0.25, 0.3) is 0 Å². The largest absolute Gasteiger partial charge is 0.408 e. The van der Waals surface area contributed by atoms with Crippen molar-refractivity contribution in [1.82, 2.24) is 14.8 Å². The first-order valence-corrected chi connectivity index (χ1v) is 6.04. The van der Waals surface area contributed by atoms with Crippen LogP contribution < -0.4 is 5.32 Å². The minimum absolute atomic E-state index is 0.482. The highest BCUT2D eigenvalue weighted by molar-refractivity contribution is 7.09. The van der Waals surface area contributed by atoms with E-state index < -0.39 is 12.7 Å². The minimum Gasteiger partial charge on any atom is -0.376 e. The van der Waals surface area contributed by atoms with E-state index in [-0.39, 0.29) is 0 Å². The Kier molecular flexibility index (Phi) is 3.55. The lowest BCUT2D eigenvalue weighted by Gasteiger charge is -2.05. The van der Waals surface area contributed by atoms with Crippen molar-refractivity contribution in [3.8, 4) is 0 Å². The molecule has 0 aromatic carbocycles. The van der Waals surface area contributed by atoms with Gasteiger partial charge in [0.15, 0.2) is 0 Å². The van der Waals surface area contributed by atoms with Crippen LogP contribution in [-0.4, -0.2) is 20.9 Å². The lowest BCUT2D eigenvalue weighted by atomic mass is 10.5. The molecule has 2 aromatic rings. The van der Waals surface area contributed by atoms with Crippen LogP contribution in [-0.2, 0) is 13.1 Å². The number of thiazole rings is 1. The molecule has 98 valence electrons. The van der Waals surface area contributed by atoms with Gasteiger partial charge in [-0.25, -0.2) is 4.98 Å². The topological polar surface area (TPSA) is 42.7 Å². The number of halogens is 3. The van der Waals surface area contributed by atoms with Gasteiger partial charge in [0.25, 0.3) is 0 Å². The van der Waals surface area contributed by atoms with Gasteiger partial charge in [0, 0.05) is 17.3 Å². The Balaban J connectivity index is 1.91. The van der Waals surface area contributed by atoms with E-state index in [0.29, 0.717) is 12.2 Å². The van der Waals surface area contributed by atoms with Gasteiger partial charge in [-0.1, -0.05) is 0 Å². The zero-order chi connectivity index (χ0) is 13.2. The van der Waals surface area contributed by atoms with E-state index in [1.807, 2.05) is 12.3 Å². The molecule has 0 bridgehead atoms. The molecule has 0 aliphatic heterocycles. The fraction of sp³-hybridized carbons (Fsp3) is 0.400. The van der Waals surface area contributed by atoms with Crippen molar-refractivity contribution < 1.29 is 13.2 Å². The van der Waals surface area contributed by atoms with E-state index in [1.54, 1.807) is 0 Å². The van der Waals surface area contributed by atoms with Crippen LogP contribution in [0, 0.1) is 6.92 Å². The summed E-state index contributed by atoms with van der Waals surface area (Å²) in [6.45, 7) is 1.29. The maximum atomic E-state index is 12.1. The Bertz CT molecular complexity index is 517. The van der Waals surface area contributed by atoms with E-state index >= 15 is 0 Å². The average molecular weight is 276 g/mol. The molecule has 0 amide bonds. The van der Waals surface area contributed by atoms with Gasteiger partial charge in [-0.2, -0.15) is 18.3 Å². The lowest BCUT2D eigenvalue weighted by molar-refractivity contribution is -0.142. The molecular weight excluding hydrogens is 265 g/mol. The summed E-state index contributed by atoms with van der Waals surface area (Å²) in [5.41, 5.74) is 1.48. The van der Waals surface area contributed by atoms with E-state index in [4.69, 9.17) is 0 Å². The third-order valence-electron chi connectivity index (χ3n) is 2.08. The van der Waals surface area contributed by atoms with E-state index in [9.17, 15) is 13.2 Å². The summed E-state index contributed by atoms with van der Waals surface area (Å²) >= 11 is 1.50. The fourth-order valence-corrected chi connectivity index (χ4v) is 2.10. The summed E-state index contributed by atoms with van der Waals surface area (Å²) in [4.78, 5) is 4.24. The number of rotatable bonds is 4. The van der Waals surface area contributed by atoms with Crippen molar-refractivity contribution in [2.75, 3.05) is 5.32 Å². The molecule has 1 N–H and O–H groups in total. The average Bonchev–Trinajstić information content (AvgIpc) is 2.82. The molecule has 0 saturated carbocycles. The predicted molar refractivity (Wildman–Crippen MR) is 62.5 cm³/mol. The second-order valence-electron chi connectivity index (χ2n) is 3.78. The maximum Gasteiger partial charge on any atom is 0.408 e. The SMILES string of the molecule is Cc1csc(CNc2cnn(CC(F)(F)F)c2)n1. The second kappa shape index (κ2) is 4.97. The van der Waals surface area contributed by atoms with Gasteiger partial charge < -0.3 is 5.32 Å². The van der Waals surface area contributed by atoms with Gasteiger partial charge in [-0.3, -0.25) is 4.68 Å². The first-order chi connectivity index (χ1) is 8.42. The molecule has 2 heterocycles. The second-order valence-corrected chi connectivity index (χ2v) is 4.72. The minimum atomic E-state index is -4.25. The van der Waals surface area contributed by atoms with Crippen LogP contribution in [0.4, 0.5) is 18.9 Å². The van der Waals surface area contributed by atoms with Gasteiger partial charge in [0.05, 0.1) is 18.4 Å². The summed E-state index contributed by atoms with van der Waals surface area (Å²) in [7, 11) is 0. The molecule has 0 fully saturated rings. The Morgan fingerprint density at radius 1 is 1.44 bits per heavy atom. The number of nitrogens with zero attached hydrogens (tertiary/aromatic N) is 3. The zero-order valence-corrected chi connectivity index (χ0v) is 10.3. The van der Waals surface area contributed by atoms with Crippen LogP contribution in [0.2, 0.25) is 0 Å². The quantitative estimate of drug-likeness (QED) is 0.933. The monoisotopic (exact) mass is 276 g/mol. The number of aryl methyl sites for hydroxylation is 1. The Morgan fingerprint density at radius 3 is 2.83 bits per heavy atom. The van der Waals surface area contributed by atoms with Crippen LogP contribution in [0.5, 0.6) is 0 Å². The number of alkyl halides is 3. The molecule has 0 saturated heterocycles. The fourth-order valence-electron chi connectivity index (χ4n) is 1.39. The van der Waals surface area contributed by atoms with Gasteiger partial charge in [-0.05, 0) is 6.92 Å². The van der Waals surface area contributed by atoms with E-state index in [0.717, 1.165) is 15.4 Å². The lowest BCUT2D eigenvalue weighted by Crippen LogP contribution is -2.17. The van der Waals surface area contributed by atoms with Crippen molar-refractivity contribution in [2.45, 2.75) is 26.2 Å². The van der Waals surface area contributed by atoms with Crippen LogP contribution >= 0.6 is 11.3 Å². The molecule has 4 nitrogen and oxygen atoms in total. The predicted octanol–water partition coefficient (Wildman–Crippen LogP) is 2.82. The number of anilines is 1. The first-order valence-electron chi connectivity index (χ1n) is 5.16. The summed E-state index contributed by atoms with van der Waals surface area (Å²) in [6, 6.07) is 0. The third-order valence-corrected chi connectivity index (χ3v) is 3.05. The molecule has 2 aromatic heterocycles. The molecule has 18 heavy (non-hydrogen) atoms. The molecule has 0 spiro atoms. The normalized spacial score (nSPS) is 11.8. The Labute approximate surface area is 105 Å². The van der Waals surface area contributed by atoms with Crippen molar-refractivity contribution in [2.24, 2.45) is 0 Å². The van der Waals surface area contributed by atoms with Crippen molar-refractivity contribution in [3.63, 3.8) is 0 Å². The van der Waals surface area contributed by atoms with Gasteiger partial charge in [0.2, 0.25) is 0 Å². The standard InChI is InChI=1S/C10H11F3N4S/c1-7-5-18-9(16-7)3-14-8-2-15-17(4-8)6-10(11,12)13/h2,4-5,14H,3,6H2,1H3. The Hall–Kier alpha value is -1.57. The number of aromatic nitrogens is 3. The first kappa shape index (κ1) is 12.9. The van der Waals surface area contributed by atoms with Crippen molar-refractivity contribution >= 4 is 17.0 Å². The van der Waals surface area contributed by atoms with Gasteiger partial charge >= 0.3 is 6.18 Å². The maximum absolute atomic E-state index is 12.1. The van der Waals surface area contributed by atoms with Gasteiger partial charge in [-0.15, -0.1) is 11.3 Å². The van der Waals surface area contributed by atoms with Gasteiger partial charge in [0.1, 0.15) is 11.6 Å². The van der Waals surface area contributed by atoms with Crippen molar-refractivity contribution in [3.05, 3.63) is 28.5 Å². The highest BCUT2D eigenvalue weighted by Gasteiger charge is 2.28. The number of nitrogens with one attached hydrogen (secondary N) is 1. The molecule has 0 atom stereocenters. The molecule has 0 radical (unpaired) electrons.